The Bertz CT molecular complexity index is 852. The van der Waals surface area contributed by atoms with E-state index in [-0.39, 0.29) is 11.6 Å². The molecule has 0 fully saturated rings. The van der Waals surface area contributed by atoms with Crippen LogP contribution in [0.25, 0.3) is 0 Å². The maximum absolute atomic E-state index is 12.6. The topological polar surface area (TPSA) is 90.7 Å². The van der Waals surface area contributed by atoms with E-state index in [1.165, 1.54) is 12.1 Å². The molecule has 0 atom stereocenters. The van der Waals surface area contributed by atoms with Crippen molar-refractivity contribution in [1.29, 1.82) is 0 Å². The number of unbranched alkanes of at least 4 members (excludes halogenated alkanes) is 4. The van der Waals surface area contributed by atoms with Gasteiger partial charge in [-0.3, -0.25) is 14.9 Å². The van der Waals surface area contributed by atoms with Crippen LogP contribution in [0.1, 0.15) is 68.3 Å². The maximum Gasteiger partial charge on any atom is 0.269 e. The number of nitrogens with one attached hydrogen (secondary N) is 1. The highest BCUT2D eigenvalue weighted by molar-refractivity contribution is 5.94. The normalized spacial score (nSPS) is 10.6. The smallest absolute Gasteiger partial charge is 0.269 e. The van der Waals surface area contributed by atoms with Crippen LogP contribution in [0.3, 0.4) is 0 Å². The largest absolute Gasteiger partial charge is 0.490 e. The number of hydrogen-bond donors (Lipinski definition) is 1. The number of carbonyl (C=O) groups is 1. The Hall–Kier alpha value is -3.09. The van der Waals surface area contributed by atoms with Gasteiger partial charge < -0.3 is 14.8 Å². The highest BCUT2D eigenvalue weighted by Crippen LogP contribution is 2.29. The first-order valence-corrected chi connectivity index (χ1v) is 11.5. The average Bonchev–Trinajstić information content (AvgIpc) is 2.80. The van der Waals surface area contributed by atoms with Crippen molar-refractivity contribution in [2.45, 2.75) is 58.8 Å². The van der Waals surface area contributed by atoms with E-state index in [0.717, 1.165) is 44.1 Å². The monoisotopic (exact) mass is 442 g/mol. The molecule has 2 rings (SSSR count). The van der Waals surface area contributed by atoms with E-state index in [4.69, 9.17) is 9.47 Å². The molecular weight excluding hydrogens is 408 g/mol. The summed E-state index contributed by atoms with van der Waals surface area (Å²) in [4.78, 5) is 22.9. The third-order valence-electron chi connectivity index (χ3n) is 5.06. The number of nitro groups is 1. The van der Waals surface area contributed by atoms with Crippen LogP contribution >= 0.6 is 0 Å². The van der Waals surface area contributed by atoms with Gasteiger partial charge in [-0.25, -0.2) is 0 Å². The molecule has 7 nitrogen and oxygen atoms in total. The molecule has 0 heterocycles. The van der Waals surface area contributed by atoms with E-state index < -0.39 is 4.92 Å². The minimum absolute atomic E-state index is 0.0567. The minimum atomic E-state index is -0.426. The van der Waals surface area contributed by atoms with Crippen LogP contribution in [0.2, 0.25) is 0 Å². The lowest BCUT2D eigenvalue weighted by molar-refractivity contribution is -0.384. The third-order valence-corrected chi connectivity index (χ3v) is 5.06. The lowest BCUT2D eigenvalue weighted by Gasteiger charge is -2.14. The Kier molecular flexibility index (Phi) is 11.1. The molecule has 0 saturated carbocycles. The van der Waals surface area contributed by atoms with Crippen LogP contribution in [0.15, 0.2) is 42.5 Å². The number of nitrogens with zero attached hydrogens (tertiary/aromatic N) is 1. The summed E-state index contributed by atoms with van der Waals surface area (Å²) in [7, 11) is 0. The molecule has 0 unspecified atom stereocenters. The van der Waals surface area contributed by atoms with Crippen molar-refractivity contribution in [2.24, 2.45) is 0 Å². The van der Waals surface area contributed by atoms with E-state index in [9.17, 15) is 14.9 Å². The van der Waals surface area contributed by atoms with Crippen LogP contribution < -0.4 is 14.8 Å². The predicted octanol–water partition coefficient (Wildman–Crippen LogP) is 5.71. The van der Waals surface area contributed by atoms with Gasteiger partial charge in [-0.05, 0) is 43.0 Å². The zero-order valence-corrected chi connectivity index (χ0v) is 19.1. The molecule has 0 saturated heterocycles. The summed E-state index contributed by atoms with van der Waals surface area (Å²) in [6, 6.07) is 11.6. The van der Waals surface area contributed by atoms with Gasteiger partial charge in [-0.15, -0.1) is 0 Å². The van der Waals surface area contributed by atoms with Gasteiger partial charge in [0.25, 0.3) is 11.6 Å². The summed E-state index contributed by atoms with van der Waals surface area (Å²) in [6.45, 7) is 5.93. The summed E-state index contributed by atoms with van der Waals surface area (Å²) in [5.74, 6) is 1.07. The fourth-order valence-electron chi connectivity index (χ4n) is 3.16. The predicted molar refractivity (Wildman–Crippen MR) is 126 cm³/mol. The summed E-state index contributed by atoms with van der Waals surface area (Å²) in [5, 5.41) is 13.6. The molecule has 0 radical (unpaired) electrons. The number of non-ortho nitro benzene ring substituents is 1. The van der Waals surface area contributed by atoms with Gasteiger partial charge in [0.1, 0.15) is 0 Å². The summed E-state index contributed by atoms with van der Waals surface area (Å²) >= 11 is 0. The van der Waals surface area contributed by atoms with Crippen LogP contribution in [0, 0.1) is 10.1 Å². The molecule has 0 aliphatic heterocycles. The highest BCUT2D eigenvalue weighted by Gasteiger charge is 2.12. The first-order valence-electron chi connectivity index (χ1n) is 11.5. The van der Waals surface area contributed by atoms with E-state index in [1.807, 2.05) is 0 Å². The van der Waals surface area contributed by atoms with E-state index in [0.29, 0.717) is 43.2 Å². The second-order valence-electron chi connectivity index (χ2n) is 7.70. The minimum Gasteiger partial charge on any atom is -0.490 e. The standard InChI is InChI=1S/C25H34N2O5/c1-3-5-7-17-31-23-14-11-21(19-24(23)32-18-8-6-4-2)25(28)26-16-15-20-9-12-22(13-10-20)27(29)30/h9-14,19H,3-8,15-18H2,1-2H3,(H,26,28). The molecule has 0 spiro atoms. The summed E-state index contributed by atoms with van der Waals surface area (Å²) < 4.78 is 11.8. The SMILES string of the molecule is CCCCCOc1ccc(C(=O)NCCc2ccc([N+](=O)[O-])cc2)cc1OCCCCC. The van der Waals surface area contributed by atoms with Gasteiger partial charge in [0.2, 0.25) is 0 Å². The molecule has 2 aromatic carbocycles. The summed E-state index contributed by atoms with van der Waals surface area (Å²) in [6.07, 6.45) is 6.97. The van der Waals surface area contributed by atoms with Gasteiger partial charge in [0.05, 0.1) is 18.1 Å². The quantitative estimate of drug-likeness (QED) is 0.217. The second-order valence-corrected chi connectivity index (χ2v) is 7.70. The number of rotatable bonds is 15. The molecule has 1 amide bonds. The van der Waals surface area contributed by atoms with Crippen LogP contribution in [0.5, 0.6) is 11.5 Å². The molecule has 1 N–H and O–H groups in total. The van der Waals surface area contributed by atoms with Crippen molar-refractivity contribution in [1.82, 2.24) is 5.32 Å². The first kappa shape index (κ1) is 25.2. The van der Waals surface area contributed by atoms with Crippen LogP contribution in [0.4, 0.5) is 5.69 Å². The van der Waals surface area contributed by atoms with Gasteiger partial charge in [-0.1, -0.05) is 51.7 Å². The number of amides is 1. The van der Waals surface area contributed by atoms with E-state index >= 15 is 0 Å². The van der Waals surface area contributed by atoms with Crippen LogP contribution in [-0.2, 0) is 6.42 Å². The van der Waals surface area contributed by atoms with Crippen molar-refractivity contribution in [2.75, 3.05) is 19.8 Å². The van der Waals surface area contributed by atoms with E-state index in [1.54, 1.807) is 30.3 Å². The van der Waals surface area contributed by atoms with Crippen molar-refractivity contribution < 1.29 is 19.2 Å². The fraction of sp³-hybridized carbons (Fsp3) is 0.480. The Morgan fingerprint density at radius 2 is 1.53 bits per heavy atom. The van der Waals surface area contributed by atoms with Crippen LogP contribution in [-0.4, -0.2) is 30.6 Å². The zero-order valence-electron chi connectivity index (χ0n) is 19.1. The zero-order chi connectivity index (χ0) is 23.2. The summed E-state index contributed by atoms with van der Waals surface area (Å²) in [5.41, 5.74) is 1.49. The second kappa shape index (κ2) is 14.1. The number of hydrogen-bond acceptors (Lipinski definition) is 5. The molecule has 174 valence electrons. The van der Waals surface area contributed by atoms with Crippen molar-refractivity contribution in [3.05, 3.63) is 63.7 Å². The van der Waals surface area contributed by atoms with Crippen molar-refractivity contribution in [3.8, 4) is 11.5 Å². The van der Waals surface area contributed by atoms with Gasteiger partial charge in [0.15, 0.2) is 11.5 Å². The number of nitro benzene ring substituents is 1. The van der Waals surface area contributed by atoms with E-state index in [2.05, 4.69) is 19.2 Å². The first-order chi connectivity index (χ1) is 15.5. The fourth-order valence-corrected chi connectivity index (χ4v) is 3.16. The molecular formula is C25H34N2O5. The molecule has 32 heavy (non-hydrogen) atoms. The molecule has 7 heteroatoms. The lowest BCUT2D eigenvalue weighted by atomic mass is 10.1. The van der Waals surface area contributed by atoms with Crippen molar-refractivity contribution in [3.63, 3.8) is 0 Å². The molecule has 0 aromatic heterocycles. The number of ether oxygens (including phenoxy) is 2. The molecule has 0 aliphatic rings. The van der Waals surface area contributed by atoms with Gasteiger partial charge in [0, 0.05) is 24.2 Å². The molecule has 2 aromatic rings. The Morgan fingerprint density at radius 3 is 2.12 bits per heavy atom. The lowest BCUT2D eigenvalue weighted by Crippen LogP contribution is -2.25. The van der Waals surface area contributed by atoms with Gasteiger partial charge in [-0.2, -0.15) is 0 Å². The Balaban J connectivity index is 1.95. The third kappa shape index (κ3) is 8.57. The van der Waals surface area contributed by atoms with Crippen molar-refractivity contribution >= 4 is 11.6 Å². The Morgan fingerprint density at radius 1 is 0.906 bits per heavy atom. The highest BCUT2D eigenvalue weighted by atomic mass is 16.6. The van der Waals surface area contributed by atoms with Gasteiger partial charge >= 0.3 is 0 Å². The average molecular weight is 443 g/mol. The maximum atomic E-state index is 12.6. The number of benzene rings is 2. The molecule has 0 aliphatic carbocycles. The Labute approximate surface area is 190 Å². The number of carbonyl (C=O) groups excluding carboxylic acids is 1. The molecule has 0 bridgehead atoms.